The van der Waals surface area contributed by atoms with Gasteiger partial charge < -0.3 is 0 Å². The maximum atomic E-state index is 12.4. The number of rotatable bonds is 4. The minimum Gasteiger partial charge on any atom is -0.296 e. The van der Waals surface area contributed by atoms with Crippen molar-refractivity contribution in [2.24, 2.45) is 0 Å². The summed E-state index contributed by atoms with van der Waals surface area (Å²) in [4.78, 5) is 24.5. The van der Waals surface area contributed by atoms with Crippen LogP contribution in [0.2, 0.25) is 0 Å². The predicted molar refractivity (Wildman–Crippen MR) is 78.1 cm³/mol. The number of nitrogens with zero attached hydrogens (tertiary/aromatic N) is 3. The first-order valence-corrected chi connectivity index (χ1v) is 7.00. The topological polar surface area (TPSA) is 67.8 Å². The Hall–Kier alpha value is -2.61. The lowest BCUT2D eigenvalue weighted by Gasteiger charge is -2.10. The van der Waals surface area contributed by atoms with Crippen LogP contribution in [-0.4, -0.2) is 9.13 Å². The van der Waals surface area contributed by atoms with E-state index in [9.17, 15) is 9.59 Å². The van der Waals surface area contributed by atoms with Crippen molar-refractivity contribution in [1.29, 1.82) is 5.26 Å². The highest BCUT2D eigenvalue weighted by Gasteiger charge is 2.26. The van der Waals surface area contributed by atoms with Crippen molar-refractivity contribution in [3.05, 3.63) is 68.5 Å². The van der Waals surface area contributed by atoms with Crippen LogP contribution < -0.4 is 11.2 Å². The summed E-state index contributed by atoms with van der Waals surface area (Å²) in [5, 5.41) is 9.07. The third-order valence-electron chi connectivity index (χ3n) is 3.72. The van der Waals surface area contributed by atoms with Crippen molar-refractivity contribution in [1.82, 2.24) is 9.13 Å². The molecule has 2 aromatic rings. The molecule has 1 saturated carbocycles. The zero-order valence-electron chi connectivity index (χ0n) is 11.5. The van der Waals surface area contributed by atoms with Gasteiger partial charge in [0.25, 0.3) is 5.56 Å². The van der Waals surface area contributed by atoms with E-state index in [1.165, 1.54) is 15.3 Å². The molecule has 0 atom stereocenters. The number of aryl methyl sites for hydroxylation is 1. The van der Waals surface area contributed by atoms with Crippen molar-refractivity contribution in [2.75, 3.05) is 0 Å². The van der Waals surface area contributed by atoms with Crippen LogP contribution in [0.15, 0.2) is 46.1 Å². The smallest absolute Gasteiger partial charge is 0.296 e. The Morgan fingerprint density at radius 3 is 2.52 bits per heavy atom. The Bertz CT molecular complexity index is 808. The summed E-state index contributed by atoms with van der Waals surface area (Å²) in [7, 11) is 0. The van der Waals surface area contributed by atoms with Crippen molar-refractivity contribution in [3.63, 3.8) is 0 Å². The Balaban J connectivity index is 1.97. The van der Waals surface area contributed by atoms with Crippen LogP contribution in [0.3, 0.4) is 0 Å². The monoisotopic (exact) mass is 281 g/mol. The van der Waals surface area contributed by atoms with E-state index in [4.69, 9.17) is 5.26 Å². The van der Waals surface area contributed by atoms with Gasteiger partial charge in [0, 0.05) is 18.8 Å². The van der Waals surface area contributed by atoms with Gasteiger partial charge in [0.1, 0.15) is 11.6 Å². The highest BCUT2D eigenvalue weighted by Crippen LogP contribution is 2.33. The second-order valence-electron chi connectivity index (χ2n) is 5.27. The summed E-state index contributed by atoms with van der Waals surface area (Å²) in [5.41, 5.74) is 0.298. The third kappa shape index (κ3) is 2.65. The van der Waals surface area contributed by atoms with E-state index in [-0.39, 0.29) is 17.3 Å². The van der Waals surface area contributed by atoms with Crippen LogP contribution in [0.25, 0.3) is 0 Å². The fourth-order valence-electron chi connectivity index (χ4n) is 2.39. The molecule has 5 nitrogen and oxygen atoms in total. The summed E-state index contributed by atoms with van der Waals surface area (Å²) >= 11 is 0. The van der Waals surface area contributed by atoms with E-state index in [1.807, 2.05) is 36.4 Å². The fourth-order valence-corrected chi connectivity index (χ4v) is 2.39. The molecular weight excluding hydrogens is 266 g/mol. The Morgan fingerprint density at radius 1 is 1.19 bits per heavy atom. The average molecular weight is 281 g/mol. The average Bonchev–Trinajstić information content (AvgIpc) is 3.33. The number of benzene rings is 1. The molecule has 3 rings (SSSR count). The molecule has 5 heteroatoms. The number of nitriles is 1. The molecular formula is C16H15N3O2. The van der Waals surface area contributed by atoms with E-state index in [1.54, 1.807) is 0 Å². The maximum absolute atomic E-state index is 12.4. The van der Waals surface area contributed by atoms with Crippen LogP contribution >= 0.6 is 0 Å². The van der Waals surface area contributed by atoms with E-state index >= 15 is 0 Å². The van der Waals surface area contributed by atoms with Gasteiger partial charge in [-0.1, -0.05) is 30.3 Å². The van der Waals surface area contributed by atoms with Crippen LogP contribution in [0, 0.1) is 11.3 Å². The van der Waals surface area contributed by atoms with Crippen LogP contribution in [0.5, 0.6) is 0 Å². The minimum absolute atomic E-state index is 0.0366. The first-order chi connectivity index (χ1) is 10.2. The molecule has 1 fully saturated rings. The Morgan fingerprint density at radius 2 is 1.90 bits per heavy atom. The van der Waals surface area contributed by atoms with E-state index in [0.717, 1.165) is 18.4 Å². The van der Waals surface area contributed by atoms with Gasteiger partial charge in [-0.05, 0) is 24.8 Å². The molecule has 0 spiro atoms. The first kappa shape index (κ1) is 13.4. The Kier molecular flexibility index (Phi) is 3.44. The molecule has 0 radical (unpaired) electrons. The van der Waals surface area contributed by atoms with Crippen LogP contribution in [0.4, 0.5) is 0 Å². The second-order valence-corrected chi connectivity index (χ2v) is 5.27. The highest BCUT2D eigenvalue weighted by atomic mass is 16.2. The molecule has 1 aliphatic rings. The molecule has 0 aliphatic heterocycles. The van der Waals surface area contributed by atoms with E-state index in [2.05, 4.69) is 0 Å². The van der Waals surface area contributed by atoms with E-state index < -0.39 is 5.56 Å². The minimum atomic E-state index is -0.490. The van der Waals surface area contributed by atoms with Gasteiger partial charge in [-0.2, -0.15) is 5.26 Å². The van der Waals surface area contributed by atoms with Crippen molar-refractivity contribution >= 4 is 0 Å². The number of aromatic nitrogens is 2. The lowest BCUT2D eigenvalue weighted by Crippen LogP contribution is -2.41. The standard InChI is InChI=1S/C16H15N3O2/c17-10-13-11-19(14-6-7-14)16(21)18(15(13)20)9-8-12-4-2-1-3-5-12/h1-5,11,14H,6-9H2. The van der Waals surface area contributed by atoms with Gasteiger partial charge in [-0.3, -0.25) is 13.9 Å². The quantitative estimate of drug-likeness (QED) is 0.852. The Labute approximate surface area is 121 Å². The zero-order valence-corrected chi connectivity index (χ0v) is 11.5. The van der Waals surface area contributed by atoms with Gasteiger partial charge >= 0.3 is 5.69 Å². The van der Waals surface area contributed by atoms with E-state index in [0.29, 0.717) is 13.0 Å². The van der Waals surface area contributed by atoms with Gasteiger partial charge in [-0.25, -0.2) is 4.79 Å². The largest absolute Gasteiger partial charge is 0.331 e. The molecule has 0 N–H and O–H groups in total. The van der Waals surface area contributed by atoms with Crippen molar-refractivity contribution in [2.45, 2.75) is 31.8 Å². The first-order valence-electron chi connectivity index (χ1n) is 7.00. The predicted octanol–water partition coefficient (Wildman–Crippen LogP) is 1.46. The summed E-state index contributed by atoms with van der Waals surface area (Å²) in [5.74, 6) is 0. The van der Waals surface area contributed by atoms with Crippen LogP contribution in [-0.2, 0) is 13.0 Å². The number of hydrogen-bond donors (Lipinski definition) is 0. The third-order valence-corrected chi connectivity index (χ3v) is 3.72. The molecule has 1 heterocycles. The van der Waals surface area contributed by atoms with Crippen LogP contribution in [0.1, 0.15) is 30.0 Å². The lowest BCUT2D eigenvalue weighted by atomic mass is 10.1. The molecule has 1 aliphatic carbocycles. The molecule has 1 aromatic heterocycles. The molecule has 0 bridgehead atoms. The molecule has 0 unspecified atom stereocenters. The summed E-state index contributed by atoms with van der Waals surface area (Å²) < 4.78 is 2.72. The maximum Gasteiger partial charge on any atom is 0.331 e. The summed E-state index contributed by atoms with van der Waals surface area (Å²) in [6.07, 6.45) is 3.86. The molecule has 0 saturated heterocycles. The van der Waals surface area contributed by atoms with Gasteiger partial charge in [-0.15, -0.1) is 0 Å². The molecule has 1 aromatic carbocycles. The summed E-state index contributed by atoms with van der Waals surface area (Å²) in [6, 6.07) is 11.7. The van der Waals surface area contributed by atoms with Crippen molar-refractivity contribution < 1.29 is 0 Å². The zero-order chi connectivity index (χ0) is 14.8. The highest BCUT2D eigenvalue weighted by molar-refractivity contribution is 5.23. The fraction of sp³-hybridized carbons (Fsp3) is 0.312. The van der Waals surface area contributed by atoms with Gasteiger partial charge in [0.15, 0.2) is 0 Å². The lowest BCUT2D eigenvalue weighted by molar-refractivity contribution is 0.556. The van der Waals surface area contributed by atoms with Crippen molar-refractivity contribution in [3.8, 4) is 6.07 Å². The molecule has 0 amide bonds. The molecule has 106 valence electrons. The normalized spacial score (nSPS) is 13.9. The van der Waals surface area contributed by atoms with Gasteiger partial charge in [0.05, 0.1) is 0 Å². The second kappa shape index (κ2) is 5.41. The summed E-state index contributed by atoms with van der Waals surface area (Å²) in [6.45, 7) is 0.296. The molecule has 21 heavy (non-hydrogen) atoms. The number of hydrogen-bond acceptors (Lipinski definition) is 3. The van der Waals surface area contributed by atoms with Gasteiger partial charge in [0.2, 0.25) is 0 Å². The SMILES string of the molecule is N#Cc1cn(C2CC2)c(=O)n(CCc2ccccc2)c1=O.